The van der Waals surface area contributed by atoms with Gasteiger partial charge in [0.1, 0.15) is 5.75 Å². The quantitative estimate of drug-likeness (QED) is 0.847. The molecule has 1 heterocycles. The summed E-state index contributed by atoms with van der Waals surface area (Å²) in [7, 11) is 0. The van der Waals surface area contributed by atoms with Crippen molar-refractivity contribution in [3.05, 3.63) is 29.3 Å². The van der Waals surface area contributed by atoms with E-state index in [9.17, 15) is 9.90 Å². The van der Waals surface area contributed by atoms with Crippen LogP contribution in [-0.4, -0.2) is 24.2 Å². The summed E-state index contributed by atoms with van der Waals surface area (Å²) < 4.78 is 5.47. The fraction of sp³-hybridized carbons (Fsp3) is 0.632. The molecule has 4 nitrogen and oxygen atoms in total. The molecule has 1 saturated carbocycles. The van der Waals surface area contributed by atoms with Crippen LogP contribution in [0.15, 0.2) is 18.2 Å². The summed E-state index contributed by atoms with van der Waals surface area (Å²) in [5.74, 6) is 1.69. The van der Waals surface area contributed by atoms with Crippen molar-refractivity contribution in [1.82, 2.24) is 5.32 Å². The molecule has 0 bridgehead atoms. The van der Waals surface area contributed by atoms with Crippen molar-refractivity contribution in [3.63, 3.8) is 0 Å². The number of carbonyl (C=O) groups excluding carboxylic acids is 1. The van der Waals surface area contributed by atoms with Crippen LogP contribution in [0.1, 0.15) is 62.2 Å². The van der Waals surface area contributed by atoms with Crippen molar-refractivity contribution in [1.29, 1.82) is 0 Å². The molecule has 1 aliphatic heterocycles. The molecule has 0 saturated heterocycles. The van der Waals surface area contributed by atoms with Crippen molar-refractivity contribution in [2.24, 2.45) is 5.92 Å². The van der Waals surface area contributed by atoms with Crippen LogP contribution in [0.25, 0.3) is 0 Å². The van der Waals surface area contributed by atoms with E-state index < -0.39 is 6.10 Å². The van der Waals surface area contributed by atoms with Crippen LogP contribution in [0.2, 0.25) is 0 Å². The van der Waals surface area contributed by atoms with E-state index in [-0.39, 0.29) is 12.5 Å². The molecule has 0 radical (unpaired) electrons. The molecule has 1 aliphatic carbocycles. The van der Waals surface area contributed by atoms with E-state index >= 15 is 0 Å². The number of ether oxygens (including phenoxy) is 1. The first kappa shape index (κ1) is 16.3. The summed E-state index contributed by atoms with van der Waals surface area (Å²) in [4.78, 5) is 12.0. The van der Waals surface area contributed by atoms with Crippen molar-refractivity contribution in [2.75, 3.05) is 13.2 Å². The highest BCUT2D eigenvalue weighted by atomic mass is 16.5. The van der Waals surface area contributed by atoms with E-state index in [4.69, 9.17) is 4.74 Å². The predicted octanol–water partition coefficient (Wildman–Crippen LogP) is 3.13. The number of hydrogen-bond acceptors (Lipinski definition) is 3. The number of amides is 1. The minimum atomic E-state index is -0.653. The lowest BCUT2D eigenvalue weighted by atomic mass is 9.86. The van der Waals surface area contributed by atoms with Crippen molar-refractivity contribution in [3.8, 4) is 5.75 Å². The maximum Gasteiger partial charge on any atom is 0.220 e. The lowest BCUT2D eigenvalue weighted by molar-refractivity contribution is -0.121. The fourth-order valence-electron chi connectivity index (χ4n) is 3.64. The summed E-state index contributed by atoms with van der Waals surface area (Å²) >= 11 is 0. The topological polar surface area (TPSA) is 58.6 Å². The number of rotatable bonds is 6. The molecule has 4 heteroatoms. The van der Waals surface area contributed by atoms with Crippen LogP contribution in [-0.2, 0) is 11.2 Å². The van der Waals surface area contributed by atoms with E-state index in [0.717, 1.165) is 35.6 Å². The molecule has 2 aliphatic rings. The van der Waals surface area contributed by atoms with E-state index in [0.29, 0.717) is 13.0 Å². The van der Waals surface area contributed by atoms with Crippen LogP contribution < -0.4 is 10.1 Å². The number of aliphatic hydroxyl groups is 1. The number of hydrogen-bond donors (Lipinski definition) is 2. The Bertz CT molecular complexity index is 537. The molecule has 0 spiro atoms. The number of aliphatic hydroxyl groups excluding tert-OH is 1. The fourth-order valence-corrected chi connectivity index (χ4v) is 3.64. The Morgan fingerprint density at radius 1 is 1.30 bits per heavy atom. The summed E-state index contributed by atoms with van der Waals surface area (Å²) in [5.41, 5.74) is 1.99. The van der Waals surface area contributed by atoms with E-state index in [1.807, 2.05) is 18.2 Å². The Morgan fingerprint density at radius 3 is 2.96 bits per heavy atom. The standard InChI is InChI=1S/C19H27NO3/c21-17(15-7-8-18-16(12-15)10-11-23-18)13-20-19(22)9-6-14-4-2-1-3-5-14/h7-8,12,14,17,21H,1-6,9-11,13H2,(H,20,22). The number of nitrogens with one attached hydrogen (secondary N) is 1. The Kier molecular flexibility index (Phi) is 5.55. The van der Waals surface area contributed by atoms with Gasteiger partial charge < -0.3 is 15.2 Å². The lowest BCUT2D eigenvalue weighted by Crippen LogP contribution is -2.28. The zero-order chi connectivity index (χ0) is 16.1. The molecule has 1 aromatic carbocycles. The van der Waals surface area contributed by atoms with Crippen molar-refractivity contribution in [2.45, 2.75) is 57.5 Å². The minimum Gasteiger partial charge on any atom is -0.493 e. The second-order valence-electron chi connectivity index (χ2n) is 6.83. The first-order valence-corrected chi connectivity index (χ1v) is 8.93. The van der Waals surface area contributed by atoms with Crippen molar-refractivity contribution >= 4 is 5.91 Å². The second kappa shape index (κ2) is 7.82. The highest BCUT2D eigenvalue weighted by Gasteiger charge is 2.17. The van der Waals surface area contributed by atoms with Gasteiger partial charge in [0.2, 0.25) is 5.91 Å². The van der Waals surface area contributed by atoms with Gasteiger partial charge in [-0.2, -0.15) is 0 Å². The van der Waals surface area contributed by atoms with Crippen LogP contribution >= 0.6 is 0 Å². The second-order valence-corrected chi connectivity index (χ2v) is 6.83. The lowest BCUT2D eigenvalue weighted by Gasteiger charge is -2.21. The van der Waals surface area contributed by atoms with Crippen LogP contribution in [0.4, 0.5) is 0 Å². The molecule has 1 aromatic rings. The summed E-state index contributed by atoms with van der Waals surface area (Å²) in [6, 6.07) is 5.77. The van der Waals surface area contributed by atoms with Crippen molar-refractivity contribution < 1.29 is 14.6 Å². The maximum absolute atomic E-state index is 12.0. The number of benzene rings is 1. The Morgan fingerprint density at radius 2 is 2.13 bits per heavy atom. The van der Waals surface area contributed by atoms with E-state index in [1.165, 1.54) is 32.1 Å². The van der Waals surface area contributed by atoms with E-state index in [1.54, 1.807) is 0 Å². The first-order valence-electron chi connectivity index (χ1n) is 8.93. The highest BCUT2D eigenvalue weighted by molar-refractivity contribution is 5.75. The average molecular weight is 317 g/mol. The molecule has 1 amide bonds. The zero-order valence-corrected chi connectivity index (χ0v) is 13.7. The Hall–Kier alpha value is -1.55. The average Bonchev–Trinajstić information content (AvgIpc) is 3.06. The van der Waals surface area contributed by atoms with Gasteiger partial charge in [-0.05, 0) is 35.6 Å². The van der Waals surface area contributed by atoms with Gasteiger partial charge in [0.05, 0.1) is 12.7 Å². The van der Waals surface area contributed by atoms with Gasteiger partial charge in [-0.25, -0.2) is 0 Å². The van der Waals surface area contributed by atoms with Crippen LogP contribution in [0, 0.1) is 5.92 Å². The molecular weight excluding hydrogens is 290 g/mol. The molecule has 1 atom stereocenters. The zero-order valence-electron chi connectivity index (χ0n) is 13.7. The Balaban J connectivity index is 1.41. The molecule has 23 heavy (non-hydrogen) atoms. The van der Waals surface area contributed by atoms with Gasteiger partial charge in [-0.15, -0.1) is 0 Å². The highest BCUT2D eigenvalue weighted by Crippen LogP contribution is 2.28. The summed E-state index contributed by atoms with van der Waals surface area (Å²) in [6.07, 6.45) is 8.32. The third-order valence-corrected chi connectivity index (χ3v) is 5.10. The smallest absolute Gasteiger partial charge is 0.220 e. The largest absolute Gasteiger partial charge is 0.493 e. The molecule has 2 N–H and O–H groups in total. The van der Waals surface area contributed by atoms with Gasteiger partial charge in [0.15, 0.2) is 0 Å². The van der Waals surface area contributed by atoms with Gasteiger partial charge in [-0.1, -0.05) is 38.2 Å². The van der Waals surface area contributed by atoms with Gasteiger partial charge in [0, 0.05) is 19.4 Å². The van der Waals surface area contributed by atoms with E-state index in [2.05, 4.69) is 5.32 Å². The third-order valence-electron chi connectivity index (χ3n) is 5.10. The van der Waals surface area contributed by atoms with Crippen LogP contribution in [0.3, 0.4) is 0 Å². The number of fused-ring (bicyclic) bond motifs is 1. The maximum atomic E-state index is 12.0. The molecule has 126 valence electrons. The summed E-state index contributed by atoms with van der Waals surface area (Å²) in [5, 5.41) is 13.1. The van der Waals surface area contributed by atoms with Gasteiger partial charge >= 0.3 is 0 Å². The van der Waals surface area contributed by atoms with Gasteiger partial charge in [-0.3, -0.25) is 4.79 Å². The first-order chi connectivity index (χ1) is 11.2. The molecule has 3 rings (SSSR count). The minimum absolute atomic E-state index is 0.0547. The predicted molar refractivity (Wildman–Crippen MR) is 89.4 cm³/mol. The van der Waals surface area contributed by atoms with Crippen LogP contribution in [0.5, 0.6) is 5.75 Å². The normalized spacial score (nSPS) is 19.0. The summed E-state index contributed by atoms with van der Waals surface area (Å²) in [6.45, 7) is 0.996. The number of carbonyl (C=O) groups is 1. The third kappa shape index (κ3) is 4.47. The molecule has 1 fully saturated rings. The molecular formula is C19H27NO3. The van der Waals surface area contributed by atoms with Gasteiger partial charge in [0.25, 0.3) is 0 Å². The monoisotopic (exact) mass is 317 g/mol. The Labute approximate surface area is 138 Å². The molecule has 0 aromatic heterocycles. The molecule has 1 unspecified atom stereocenters. The SMILES string of the molecule is O=C(CCC1CCCCC1)NCC(O)c1ccc2c(c1)CCO2.